The maximum Gasteiger partial charge on any atom is 0.187 e. The summed E-state index contributed by atoms with van der Waals surface area (Å²) in [5, 5.41) is 6.50. The van der Waals surface area contributed by atoms with Gasteiger partial charge in [-0.3, -0.25) is 4.79 Å². The van der Waals surface area contributed by atoms with E-state index in [1.807, 2.05) is 60.7 Å². The van der Waals surface area contributed by atoms with Gasteiger partial charge in [0.25, 0.3) is 0 Å². The molecule has 0 aliphatic carbocycles. The molecule has 0 bridgehead atoms. The summed E-state index contributed by atoms with van der Waals surface area (Å²) in [6.45, 7) is 0. The first kappa shape index (κ1) is 17.2. The van der Waals surface area contributed by atoms with Gasteiger partial charge >= 0.3 is 0 Å². The van der Waals surface area contributed by atoms with Gasteiger partial charge in [-0.25, -0.2) is 0 Å². The van der Waals surface area contributed by atoms with E-state index in [1.54, 1.807) is 25.1 Å². The van der Waals surface area contributed by atoms with Crippen molar-refractivity contribution in [2.45, 2.75) is 9.79 Å². The average molecular weight is 374 g/mol. The molecule has 0 saturated heterocycles. The lowest BCUT2D eigenvalue weighted by atomic mass is 10.1. The number of hydrogen-bond donors (Lipinski definition) is 2. The number of ketones is 1. The number of anilines is 3. The fraction of sp³-hybridized carbons (Fsp3) is 0.0455. The second kappa shape index (κ2) is 7.60. The number of carbonyl (C=O) groups is 1. The Morgan fingerprint density at radius 3 is 2.59 bits per heavy atom. The van der Waals surface area contributed by atoms with Crippen molar-refractivity contribution < 1.29 is 9.53 Å². The van der Waals surface area contributed by atoms with Crippen LogP contribution in [0.25, 0.3) is 0 Å². The van der Waals surface area contributed by atoms with Gasteiger partial charge in [-0.2, -0.15) is 0 Å². The summed E-state index contributed by atoms with van der Waals surface area (Å²) in [5.74, 6) is 0.742. The highest BCUT2D eigenvalue weighted by molar-refractivity contribution is 7.99. The van der Waals surface area contributed by atoms with E-state index < -0.39 is 0 Å². The predicted octanol–water partition coefficient (Wildman–Crippen LogP) is 5.71. The van der Waals surface area contributed by atoms with Gasteiger partial charge in [-0.05, 0) is 54.6 Å². The smallest absolute Gasteiger partial charge is 0.187 e. The van der Waals surface area contributed by atoms with Crippen LogP contribution < -0.4 is 15.4 Å². The number of methoxy groups -OCH3 is 1. The zero-order valence-corrected chi connectivity index (χ0v) is 15.5. The Morgan fingerprint density at radius 1 is 1.00 bits per heavy atom. The SMILES string of the molecule is COc1ccc(N/C=C/C(=O)c2ccc3c(c2)Nc2ccccc2S3)cc1. The number of ether oxygens (including phenoxy) is 1. The fourth-order valence-electron chi connectivity index (χ4n) is 2.79. The van der Waals surface area contributed by atoms with E-state index in [0.29, 0.717) is 5.56 Å². The molecule has 0 aromatic heterocycles. The molecule has 0 saturated carbocycles. The lowest BCUT2D eigenvalue weighted by Gasteiger charge is -2.20. The summed E-state index contributed by atoms with van der Waals surface area (Å²) in [4.78, 5) is 14.8. The van der Waals surface area contributed by atoms with Crippen molar-refractivity contribution in [1.29, 1.82) is 0 Å². The molecule has 2 N–H and O–H groups in total. The van der Waals surface area contributed by atoms with Gasteiger partial charge in [0.2, 0.25) is 0 Å². The lowest BCUT2D eigenvalue weighted by Crippen LogP contribution is -2.02. The highest BCUT2D eigenvalue weighted by Gasteiger charge is 2.16. The molecule has 0 radical (unpaired) electrons. The van der Waals surface area contributed by atoms with Crippen LogP contribution in [0.4, 0.5) is 17.1 Å². The summed E-state index contributed by atoms with van der Waals surface area (Å²) in [7, 11) is 1.63. The highest BCUT2D eigenvalue weighted by Crippen LogP contribution is 2.44. The van der Waals surface area contributed by atoms with Crippen LogP contribution in [0.1, 0.15) is 10.4 Å². The minimum atomic E-state index is -0.0514. The van der Waals surface area contributed by atoms with Crippen LogP contribution >= 0.6 is 11.8 Å². The van der Waals surface area contributed by atoms with Gasteiger partial charge in [0, 0.05) is 33.3 Å². The third kappa shape index (κ3) is 3.83. The first-order valence-corrected chi connectivity index (χ1v) is 9.34. The number of rotatable bonds is 5. The number of allylic oxidation sites excluding steroid dienone is 1. The number of benzene rings is 3. The highest BCUT2D eigenvalue weighted by atomic mass is 32.2. The molecule has 0 unspecified atom stereocenters. The Kier molecular flexibility index (Phi) is 4.85. The number of para-hydroxylation sites is 1. The molecule has 1 aliphatic rings. The maximum atomic E-state index is 12.5. The second-order valence-corrected chi connectivity index (χ2v) is 7.09. The zero-order valence-electron chi connectivity index (χ0n) is 14.7. The van der Waals surface area contributed by atoms with Crippen LogP contribution in [0, 0.1) is 0 Å². The average Bonchev–Trinajstić information content (AvgIpc) is 2.72. The van der Waals surface area contributed by atoms with Gasteiger partial charge in [-0.15, -0.1) is 0 Å². The summed E-state index contributed by atoms with van der Waals surface area (Å²) in [5.41, 5.74) is 3.56. The van der Waals surface area contributed by atoms with Gasteiger partial charge in [0.05, 0.1) is 18.5 Å². The molecule has 0 amide bonds. The van der Waals surface area contributed by atoms with Crippen molar-refractivity contribution in [2.24, 2.45) is 0 Å². The predicted molar refractivity (Wildman–Crippen MR) is 110 cm³/mol. The van der Waals surface area contributed by atoms with Gasteiger partial charge < -0.3 is 15.4 Å². The van der Waals surface area contributed by atoms with Crippen molar-refractivity contribution in [2.75, 3.05) is 17.7 Å². The molecule has 27 heavy (non-hydrogen) atoms. The summed E-state index contributed by atoms with van der Waals surface area (Å²) in [6, 6.07) is 21.4. The van der Waals surface area contributed by atoms with Crippen LogP contribution in [-0.2, 0) is 0 Å². The summed E-state index contributed by atoms with van der Waals surface area (Å²) < 4.78 is 5.13. The molecule has 3 aromatic carbocycles. The standard InChI is InChI=1S/C22H18N2O2S/c1-26-17-9-7-16(8-10-17)23-13-12-20(25)15-6-11-22-19(14-15)24-18-4-2-3-5-21(18)27-22/h2-14,23-24H,1H3/b13-12+. The van der Waals surface area contributed by atoms with Crippen LogP contribution in [0.3, 0.4) is 0 Å². The van der Waals surface area contributed by atoms with E-state index in [4.69, 9.17) is 4.74 Å². The molecule has 1 heterocycles. The quantitative estimate of drug-likeness (QED) is 0.346. The molecule has 3 aromatic rings. The molecule has 0 atom stereocenters. The summed E-state index contributed by atoms with van der Waals surface area (Å²) in [6.07, 6.45) is 3.19. The van der Waals surface area contributed by atoms with Crippen molar-refractivity contribution in [3.05, 3.63) is 84.6 Å². The van der Waals surface area contributed by atoms with Crippen LogP contribution in [0.2, 0.25) is 0 Å². The largest absolute Gasteiger partial charge is 0.497 e. The molecule has 134 valence electrons. The third-order valence-electron chi connectivity index (χ3n) is 4.22. The molecule has 1 aliphatic heterocycles. The normalized spacial score (nSPS) is 12.0. The van der Waals surface area contributed by atoms with Crippen molar-refractivity contribution in [3.63, 3.8) is 0 Å². The van der Waals surface area contributed by atoms with E-state index in [9.17, 15) is 4.79 Å². The number of carbonyl (C=O) groups excluding carboxylic acids is 1. The Labute approximate surface area is 162 Å². The fourth-order valence-corrected chi connectivity index (χ4v) is 3.76. The molecule has 4 nitrogen and oxygen atoms in total. The van der Waals surface area contributed by atoms with Gasteiger partial charge in [0.15, 0.2) is 5.78 Å². The minimum Gasteiger partial charge on any atom is -0.497 e. The maximum absolute atomic E-state index is 12.5. The van der Waals surface area contributed by atoms with Crippen LogP contribution in [0.15, 0.2) is 88.8 Å². The Bertz CT molecular complexity index is 1010. The van der Waals surface area contributed by atoms with Crippen LogP contribution in [0.5, 0.6) is 5.75 Å². The third-order valence-corrected chi connectivity index (χ3v) is 5.37. The number of fused-ring (bicyclic) bond motifs is 2. The molecule has 4 rings (SSSR count). The lowest BCUT2D eigenvalue weighted by molar-refractivity contribution is 0.104. The topological polar surface area (TPSA) is 50.4 Å². The Morgan fingerprint density at radius 2 is 1.78 bits per heavy atom. The van der Waals surface area contributed by atoms with Gasteiger partial charge in [0.1, 0.15) is 5.75 Å². The van der Waals surface area contributed by atoms with Gasteiger partial charge in [-0.1, -0.05) is 23.9 Å². The van der Waals surface area contributed by atoms with Crippen molar-refractivity contribution in [1.82, 2.24) is 0 Å². The van der Waals surface area contributed by atoms with E-state index in [-0.39, 0.29) is 5.78 Å². The van der Waals surface area contributed by atoms with Crippen LogP contribution in [-0.4, -0.2) is 12.9 Å². The number of nitrogens with one attached hydrogen (secondary N) is 2. The van der Waals surface area contributed by atoms with E-state index in [0.717, 1.165) is 27.7 Å². The second-order valence-electron chi connectivity index (χ2n) is 6.00. The van der Waals surface area contributed by atoms with Crippen molar-refractivity contribution in [3.8, 4) is 5.75 Å². The molecular weight excluding hydrogens is 356 g/mol. The minimum absolute atomic E-state index is 0.0514. The molecular formula is C22H18N2O2S. The molecule has 0 fully saturated rings. The van der Waals surface area contributed by atoms with E-state index >= 15 is 0 Å². The summed E-state index contributed by atoms with van der Waals surface area (Å²) >= 11 is 1.71. The first-order chi connectivity index (χ1) is 13.2. The van der Waals surface area contributed by atoms with E-state index in [1.165, 1.54) is 11.0 Å². The molecule has 5 heteroatoms. The first-order valence-electron chi connectivity index (χ1n) is 8.52. The Balaban J connectivity index is 1.45. The monoisotopic (exact) mass is 374 g/mol. The van der Waals surface area contributed by atoms with Crippen molar-refractivity contribution >= 4 is 34.6 Å². The zero-order chi connectivity index (χ0) is 18.6. The van der Waals surface area contributed by atoms with E-state index in [2.05, 4.69) is 16.7 Å². The molecule has 0 spiro atoms. The number of hydrogen-bond acceptors (Lipinski definition) is 5. The Hall–Kier alpha value is -3.18.